The Kier molecular flexibility index (Phi) is 3.37. The number of fused-ring (bicyclic) bond motifs is 1. The molecule has 4 nitrogen and oxygen atoms in total. The highest BCUT2D eigenvalue weighted by Gasteiger charge is 2.07. The van der Waals surface area contributed by atoms with E-state index >= 15 is 0 Å². The van der Waals surface area contributed by atoms with Crippen molar-refractivity contribution >= 4 is 22.5 Å². The van der Waals surface area contributed by atoms with Gasteiger partial charge in [-0.3, -0.25) is 14.8 Å². The zero-order valence-electron chi connectivity index (χ0n) is 10.8. The molecular formula is C16H13N3O. The number of para-hydroxylation sites is 1. The van der Waals surface area contributed by atoms with Crippen molar-refractivity contribution in [3.8, 4) is 0 Å². The van der Waals surface area contributed by atoms with Gasteiger partial charge in [0.1, 0.15) is 0 Å². The molecule has 0 radical (unpaired) electrons. The minimum atomic E-state index is -0.0730. The Morgan fingerprint density at radius 1 is 1.05 bits per heavy atom. The molecule has 20 heavy (non-hydrogen) atoms. The van der Waals surface area contributed by atoms with Crippen molar-refractivity contribution in [2.45, 2.75) is 6.42 Å². The first-order valence-electron chi connectivity index (χ1n) is 6.35. The molecule has 3 rings (SSSR count). The SMILES string of the molecule is O=C(Cc1cccnc1)Nc1cccc2cccnc12. The molecule has 0 bridgehead atoms. The number of carbonyl (C=O) groups is 1. The largest absolute Gasteiger partial charge is 0.324 e. The number of nitrogens with zero attached hydrogens (tertiary/aromatic N) is 2. The average Bonchev–Trinajstić information content (AvgIpc) is 2.48. The second kappa shape index (κ2) is 5.48. The Morgan fingerprint density at radius 2 is 1.90 bits per heavy atom. The smallest absolute Gasteiger partial charge is 0.228 e. The van der Waals surface area contributed by atoms with Gasteiger partial charge in [-0.25, -0.2) is 0 Å². The number of carbonyl (C=O) groups excluding carboxylic acids is 1. The van der Waals surface area contributed by atoms with E-state index in [9.17, 15) is 4.79 Å². The molecule has 0 atom stereocenters. The van der Waals surface area contributed by atoms with Crippen LogP contribution in [-0.2, 0) is 11.2 Å². The molecule has 1 N–H and O–H groups in total. The molecule has 0 saturated heterocycles. The molecular weight excluding hydrogens is 250 g/mol. The lowest BCUT2D eigenvalue weighted by atomic mass is 10.1. The summed E-state index contributed by atoms with van der Waals surface area (Å²) >= 11 is 0. The van der Waals surface area contributed by atoms with E-state index in [4.69, 9.17) is 0 Å². The Morgan fingerprint density at radius 3 is 2.75 bits per heavy atom. The molecule has 98 valence electrons. The predicted molar refractivity (Wildman–Crippen MR) is 78.3 cm³/mol. The molecule has 0 aliphatic carbocycles. The van der Waals surface area contributed by atoms with Gasteiger partial charge in [0, 0.05) is 24.0 Å². The standard InChI is InChI=1S/C16H13N3O/c20-15(10-12-4-2-8-17-11-12)19-14-7-1-5-13-6-3-9-18-16(13)14/h1-9,11H,10H2,(H,19,20). The summed E-state index contributed by atoms with van der Waals surface area (Å²) < 4.78 is 0. The summed E-state index contributed by atoms with van der Waals surface area (Å²) in [6.45, 7) is 0. The average molecular weight is 263 g/mol. The summed E-state index contributed by atoms with van der Waals surface area (Å²) in [5.74, 6) is -0.0730. The van der Waals surface area contributed by atoms with Gasteiger partial charge in [0.05, 0.1) is 17.6 Å². The van der Waals surface area contributed by atoms with E-state index in [1.54, 1.807) is 18.6 Å². The number of hydrogen-bond acceptors (Lipinski definition) is 3. The van der Waals surface area contributed by atoms with Gasteiger partial charge in [-0.15, -0.1) is 0 Å². The van der Waals surface area contributed by atoms with Crippen molar-refractivity contribution in [1.82, 2.24) is 9.97 Å². The number of amides is 1. The van der Waals surface area contributed by atoms with Crippen molar-refractivity contribution in [2.24, 2.45) is 0 Å². The summed E-state index contributed by atoms with van der Waals surface area (Å²) in [6.07, 6.45) is 5.41. The van der Waals surface area contributed by atoms with E-state index in [0.717, 1.165) is 22.2 Å². The van der Waals surface area contributed by atoms with Crippen LogP contribution >= 0.6 is 0 Å². The van der Waals surface area contributed by atoms with Crippen LogP contribution in [0.3, 0.4) is 0 Å². The molecule has 1 aromatic carbocycles. The summed E-state index contributed by atoms with van der Waals surface area (Å²) in [5, 5.41) is 3.91. The van der Waals surface area contributed by atoms with E-state index < -0.39 is 0 Å². The monoisotopic (exact) mass is 263 g/mol. The maximum absolute atomic E-state index is 12.1. The summed E-state index contributed by atoms with van der Waals surface area (Å²) in [4.78, 5) is 20.4. The van der Waals surface area contributed by atoms with E-state index in [0.29, 0.717) is 6.42 Å². The lowest BCUT2D eigenvalue weighted by Crippen LogP contribution is -2.14. The van der Waals surface area contributed by atoms with Crippen LogP contribution in [0, 0.1) is 0 Å². The third-order valence-corrected chi connectivity index (χ3v) is 2.99. The van der Waals surface area contributed by atoms with Crippen LogP contribution in [0.1, 0.15) is 5.56 Å². The number of nitrogens with one attached hydrogen (secondary N) is 1. The second-order valence-corrected chi connectivity index (χ2v) is 4.47. The van der Waals surface area contributed by atoms with Crippen molar-refractivity contribution in [3.63, 3.8) is 0 Å². The zero-order valence-corrected chi connectivity index (χ0v) is 10.8. The third kappa shape index (κ3) is 2.64. The lowest BCUT2D eigenvalue weighted by molar-refractivity contribution is -0.115. The number of rotatable bonds is 3. The minimum absolute atomic E-state index is 0.0730. The van der Waals surface area contributed by atoms with E-state index in [1.807, 2.05) is 42.5 Å². The van der Waals surface area contributed by atoms with E-state index in [2.05, 4.69) is 15.3 Å². The molecule has 0 saturated carbocycles. The van der Waals surface area contributed by atoms with Crippen molar-refractivity contribution in [1.29, 1.82) is 0 Å². The first kappa shape index (κ1) is 12.3. The Labute approximate surface area is 116 Å². The molecule has 0 aliphatic heterocycles. The summed E-state index contributed by atoms with van der Waals surface area (Å²) in [7, 11) is 0. The Hall–Kier alpha value is -2.75. The molecule has 0 fully saturated rings. The van der Waals surface area contributed by atoms with Crippen LogP contribution < -0.4 is 5.32 Å². The van der Waals surface area contributed by atoms with Crippen molar-refractivity contribution in [3.05, 3.63) is 66.6 Å². The van der Waals surface area contributed by atoms with Crippen LogP contribution in [0.15, 0.2) is 61.1 Å². The lowest BCUT2D eigenvalue weighted by Gasteiger charge is -2.07. The van der Waals surface area contributed by atoms with Gasteiger partial charge < -0.3 is 5.32 Å². The van der Waals surface area contributed by atoms with E-state index in [1.165, 1.54) is 0 Å². The Balaban J connectivity index is 1.81. The van der Waals surface area contributed by atoms with Crippen LogP contribution in [-0.4, -0.2) is 15.9 Å². The molecule has 4 heteroatoms. The fourth-order valence-electron chi connectivity index (χ4n) is 2.09. The second-order valence-electron chi connectivity index (χ2n) is 4.47. The van der Waals surface area contributed by atoms with Crippen LogP contribution in [0.4, 0.5) is 5.69 Å². The molecule has 0 spiro atoms. The molecule has 0 aliphatic rings. The molecule has 1 amide bonds. The van der Waals surface area contributed by atoms with Gasteiger partial charge >= 0.3 is 0 Å². The first-order chi connectivity index (χ1) is 9.83. The highest BCUT2D eigenvalue weighted by Crippen LogP contribution is 2.20. The predicted octanol–water partition coefficient (Wildman–Crippen LogP) is 2.81. The molecule has 2 aromatic heterocycles. The maximum atomic E-state index is 12.1. The number of anilines is 1. The number of pyridine rings is 2. The number of benzene rings is 1. The highest BCUT2D eigenvalue weighted by atomic mass is 16.1. The molecule has 2 heterocycles. The van der Waals surface area contributed by atoms with Gasteiger partial charge in [0.15, 0.2) is 0 Å². The van der Waals surface area contributed by atoms with Gasteiger partial charge in [-0.1, -0.05) is 24.3 Å². The topological polar surface area (TPSA) is 54.9 Å². The van der Waals surface area contributed by atoms with E-state index in [-0.39, 0.29) is 5.91 Å². The van der Waals surface area contributed by atoms with Crippen LogP contribution in [0.5, 0.6) is 0 Å². The van der Waals surface area contributed by atoms with Crippen LogP contribution in [0.2, 0.25) is 0 Å². The Bertz CT molecular complexity index is 736. The highest BCUT2D eigenvalue weighted by molar-refractivity contribution is 6.00. The number of aromatic nitrogens is 2. The first-order valence-corrected chi connectivity index (χ1v) is 6.35. The maximum Gasteiger partial charge on any atom is 0.228 e. The van der Waals surface area contributed by atoms with Gasteiger partial charge in [0.2, 0.25) is 5.91 Å². The van der Waals surface area contributed by atoms with Crippen molar-refractivity contribution in [2.75, 3.05) is 5.32 Å². The fourth-order valence-corrected chi connectivity index (χ4v) is 2.09. The summed E-state index contributed by atoms with van der Waals surface area (Å²) in [5.41, 5.74) is 2.42. The quantitative estimate of drug-likeness (QED) is 0.790. The number of hydrogen-bond donors (Lipinski definition) is 1. The van der Waals surface area contributed by atoms with Gasteiger partial charge in [-0.2, -0.15) is 0 Å². The minimum Gasteiger partial charge on any atom is -0.324 e. The molecule has 0 unspecified atom stereocenters. The fraction of sp³-hybridized carbons (Fsp3) is 0.0625. The summed E-state index contributed by atoms with van der Waals surface area (Å²) in [6, 6.07) is 13.3. The normalized spacial score (nSPS) is 10.4. The van der Waals surface area contributed by atoms with Gasteiger partial charge in [0.25, 0.3) is 0 Å². The van der Waals surface area contributed by atoms with Gasteiger partial charge in [-0.05, 0) is 23.8 Å². The van der Waals surface area contributed by atoms with Crippen molar-refractivity contribution < 1.29 is 4.79 Å². The zero-order chi connectivity index (χ0) is 13.8. The third-order valence-electron chi connectivity index (χ3n) is 2.99. The molecule has 3 aromatic rings. The van der Waals surface area contributed by atoms with Crippen LogP contribution in [0.25, 0.3) is 10.9 Å².